The Kier molecular flexibility index (Phi) is 7.09. The van der Waals surface area contributed by atoms with E-state index in [9.17, 15) is 0 Å². The van der Waals surface area contributed by atoms with Crippen molar-refractivity contribution in [1.82, 2.24) is 24.9 Å². The van der Waals surface area contributed by atoms with E-state index in [1.807, 2.05) is 17.9 Å². The first-order chi connectivity index (χ1) is 13.1. The van der Waals surface area contributed by atoms with Crippen LogP contribution in [0.15, 0.2) is 17.4 Å². The molecule has 8 heteroatoms. The molecule has 0 radical (unpaired) electrons. The van der Waals surface area contributed by atoms with Gasteiger partial charge in [-0.25, -0.2) is 0 Å². The molecule has 1 N–H and O–H groups in total. The maximum atomic E-state index is 5.99. The number of likely N-dealkylation sites (N-methyl/N-ethyl adjacent to an activating group) is 1. The third-order valence-electron chi connectivity index (χ3n) is 5.25. The third-order valence-corrected chi connectivity index (χ3v) is 5.25. The van der Waals surface area contributed by atoms with Crippen molar-refractivity contribution >= 4 is 5.96 Å². The lowest BCUT2D eigenvalue weighted by Crippen LogP contribution is -2.53. The number of rotatable bonds is 6. The Balaban J connectivity index is 1.69. The van der Waals surface area contributed by atoms with Gasteiger partial charge in [-0.3, -0.25) is 9.67 Å². The van der Waals surface area contributed by atoms with Crippen LogP contribution in [0.2, 0.25) is 0 Å². The largest absolute Gasteiger partial charge is 0.375 e. The monoisotopic (exact) mass is 378 g/mol. The number of nitrogens with one attached hydrogen (secondary N) is 1. The van der Waals surface area contributed by atoms with Gasteiger partial charge in [0.1, 0.15) is 6.10 Å². The molecule has 2 fully saturated rings. The number of hydrogen-bond donors (Lipinski definition) is 1. The van der Waals surface area contributed by atoms with Gasteiger partial charge in [-0.05, 0) is 33.9 Å². The molecular weight excluding hydrogens is 344 g/mol. The van der Waals surface area contributed by atoms with Crippen molar-refractivity contribution in [1.29, 1.82) is 0 Å². The van der Waals surface area contributed by atoms with E-state index in [-0.39, 0.29) is 18.2 Å². The predicted octanol–water partition coefficient (Wildman–Crippen LogP) is 0.868. The second kappa shape index (κ2) is 9.52. The van der Waals surface area contributed by atoms with Gasteiger partial charge >= 0.3 is 0 Å². The van der Waals surface area contributed by atoms with Crippen molar-refractivity contribution in [2.24, 2.45) is 12.0 Å². The van der Waals surface area contributed by atoms with E-state index in [2.05, 4.69) is 47.4 Å². The van der Waals surface area contributed by atoms with E-state index < -0.39 is 0 Å². The van der Waals surface area contributed by atoms with Crippen LogP contribution in [0.25, 0.3) is 0 Å². The Morgan fingerprint density at radius 2 is 2.19 bits per heavy atom. The quantitative estimate of drug-likeness (QED) is 0.585. The summed E-state index contributed by atoms with van der Waals surface area (Å²) in [7, 11) is 6.12. The zero-order valence-corrected chi connectivity index (χ0v) is 17.1. The number of nitrogens with zero attached hydrogens (tertiary/aromatic N) is 5. The average molecular weight is 379 g/mol. The van der Waals surface area contributed by atoms with Crippen molar-refractivity contribution in [3.63, 3.8) is 0 Å². The van der Waals surface area contributed by atoms with Gasteiger partial charge in [0.05, 0.1) is 31.5 Å². The van der Waals surface area contributed by atoms with Crippen LogP contribution in [0.3, 0.4) is 0 Å². The van der Waals surface area contributed by atoms with Crippen molar-refractivity contribution in [3.05, 3.63) is 18.0 Å². The molecule has 1 aromatic rings. The van der Waals surface area contributed by atoms with Crippen LogP contribution in [-0.4, -0.2) is 91.2 Å². The zero-order valence-electron chi connectivity index (χ0n) is 17.1. The summed E-state index contributed by atoms with van der Waals surface area (Å²) in [6.45, 7) is 6.90. The molecule has 27 heavy (non-hydrogen) atoms. The molecule has 2 aliphatic heterocycles. The molecule has 0 saturated carbocycles. The molecule has 8 nitrogen and oxygen atoms in total. The summed E-state index contributed by atoms with van der Waals surface area (Å²) < 4.78 is 13.7. The molecule has 2 aliphatic rings. The minimum Gasteiger partial charge on any atom is -0.375 e. The van der Waals surface area contributed by atoms with E-state index in [4.69, 9.17) is 14.5 Å². The Labute approximate surface area is 162 Å². The first-order valence-corrected chi connectivity index (χ1v) is 10.00. The van der Waals surface area contributed by atoms with Gasteiger partial charge in [0.2, 0.25) is 0 Å². The standard InChI is InChI=1S/C19H34N6O2/c1-5-20-19(21-12-16(23(2)3)15-11-22-24(4)13-15)25-8-10-27-18(14-25)17-7-6-9-26-17/h11,13,16-18H,5-10,12,14H2,1-4H3,(H,20,21). The Morgan fingerprint density at radius 1 is 1.37 bits per heavy atom. The lowest BCUT2D eigenvalue weighted by Gasteiger charge is -2.37. The fourth-order valence-corrected chi connectivity index (χ4v) is 3.77. The molecule has 3 atom stereocenters. The molecule has 0 amide bonds. The molecule has 0 spiro atoms. The van der Waals surface area contributed by atoms with Gasteiger partial charge in [0, 0.05) is 45.0 Å². The highest BCUT2D eigenvalue weighted by Gasteiger charge is 2.32. The number of morpholine rings is 1. The van der Waals surface area contributed by atoms with Gasteiger partial charge < -0.3 is 24.6 Å². The van der Waals surface area contributed by atoms with Gasteiger partial charge in [-0.2, -0.15) is 5.10 Å². The normalized spacial score (nSPS) is 25.2. The minimum atomic E-state index is 0.132. The summed E-state index contributed by atoms with van der Waals surface area (Å²) >= 11 is 0. The number of aryl methyl sites for hydroxylation is 1. The van der Waals surface area contributed by atoms with E-state index in [0.717, 1.165) is 45.0 Å². The van der Waals surface area contributed by atoms with Gasteiger partial charge in [0.15, 0.2) is 5.96 Å². The summed E-state index contributed by atoms with van der Waals surface area (Å²) in [5.41, 5.74) is 1.18. The van der Waals surface area contributed by atoms with E-state index in [0.29, 0.717) is 13.2 Å². The lowest BCUT2D eigenvalue weighted by molar-refractivity contribution is -0.0817. The SMILES string of the molecule is CCNC(=NCC(c1cnn(C)c1)N(C)C)N1CCOC(C2CCCO2)C1. The van der Waals surface area contributed by atoms with E-state index in [1.54, 1.807) is 0 Å². The number of ether oxygens (including phenoxy) is 2. The van der Waals surface area contributed by atoms with Crippen molar-refractivity contribution < 1.29 is 9.47 Å². The van der Waals surface area contributed by atoms with Crippen molar-refractivity contribution in [2.45, 2.75) is 38.0 Å². The fraction of sp³-hybridized carbons (Fsp3) is 0.789. The Hall–Kier alpha value is -1.64. The molecule has 3 unspecified atom stereocenters. The second-order valence-corrected chi connectivity index (χ2v) is 7.53. The second-order valence-electron chi connectivity index (χ2n) is 7.53. The molecular formula is C19H34N6O2. The molecule has 3 rings (SSSR count). The molecule has 1 aromatic heterocycles. The molecule has 2 saturated heterocycles. The zero-order chi connectivity index (χ0) is 19.2. The molecule has 3 heterocycles. The Bertz CT molecular complexity index is 611. The van der Waals surface area contributed by atoms with E-state index >= 15 is 0 Å². The van der Waals surface area contributed by atoms with Crippen LogP contribution in [0.1, 0.15) is 31.4 Å². The molecule has 0 aliphatic carbocycles. The molecule has 0 bridgehead atoms. The lowest BCUT2D eigenvalue weighted by atomic mass is 10.1. The van der Waals surface area contributed by atoms with E-state index in [1.165, 1.54) is 5.56 Å². The van der Waals surface area contributed by atoms with Crippen LogP contribution in [-0.2, 0) is 16.5 Å². The molecule has 0 aromatic carbocycles. The summed E-state index contributed by atoms with van der Waals surface area (Å²) in [6.07, 6.45) is 6.57. The minimum absolute atomic E-state index is 0.132. The summed E-state index contributed by atoms with van der Waals surface area (Å²) in [5.74, 6) is 0.958. The first kappa shape index (κ1) is 20.1. The highest BCUT2D eigenvalue weighted by Crippen LogP contribution is 2.22. The van der Waals surface area contributed by atoms with Gasteiger partial charge in [0.25, 0.3) is 0 Å². The van der Waals surface area contributed by atoms with Crippen LogP contribution < -0.4 is 5.32 Å². The van der Waals surface area contributed by atoms with Crippen LogP contribution in [0.5, 0.6) is 0 Å². The number of aliphatic imine (C=N–C) groups is 1. The smallest absolute Gasteiger partial charge is 0.194 e. The number of guanidine groups is 1. The number of aromatic nitrogens is 2. The number of hydrogen-bond acceptors (Lipinski definition) is 5. The maximum Gasteiger partial charge on any atom is 0.194 e. The highest BCUT2D eigenvalue weighted by molar-refractivity contribution is 5.80. The molecule has 152 valence electrons. The van der Waals surface area contributed by atoms with Gasteiger partial charge in [-0.15, -0.1) is 0 Å². The van der Waals surface area contributed by atoms with Crippen LogP contribution in [0, 0.1) is 0 Å². The summed E-state index contributed by atoms with van der Waals surface area (Å²) in [6, 6.07) is 0.197. The summed E-state index contributed by atoms with van der Waals surface area (Å²) in [5, 5.41) is 7.77. The Morgan fingerprint density at radius 3 is 2.81 bits per heavy atom. The maximum absolute atomic E-state index is 5.99. The average Bonchev–Trinajstić information content (AvgIpc) is 3.33. The van der Waals surface area contributed by atoms with Gasteiger partial charge in [-0.1, -0.05) is 0 Å². The summed E-state index contributed by atoms with van der Waals surface area (Å²) in [4.78, 5) is 9.47. The van der Waals surface area contributed by atoms with Crippen LogP contribution in [0.4, 0.5) is 0 Å². The highest BCUT2D eigenvalue weighted by atomic mass is 16.5. The fourth-order valence-electron chi connectivity index (χ4n) is 3.77. The third kappa shape index (κ3) is 5.21. The predicted molar refractivity (Wildman–Crippen MR) is 106 cm³/mol. The first-order valence-electron chi connectivity index (χ1n) is 10.00. The van der Waals surface area contributed by atoms with Crippen molar-refractivity contribution in [2.75, 3.05) is 53.5 Å². The topological polar surface area (TPSA) is 67.2 Å². The van der Waals surface area contributed by atoms with Crippen molar-refractivity contribution in [3.8, 4) is 0 Å². The van der Waals surface area contributed by atoms with Crippen LogP contribution >= 0.6 is 0 Å².